The van der Waals surface area contributed by atoms with Gasteiger partial charge in [0.1, 0.15) is 0 Å². The van der Waals surface area contributed by atoms with Crippen molar-refractivity contribution in [1.29, 1.82) is 0 Å². The molecular weight excluding hydrogens is 172 g/mol. The molecule has 2 rings (SSSR count). The second kappa shape index (κ2) is 2.10. The van der Waals surface area contributed by atoms with Gasteiger partial charge in [-0.1, -0.05) is 30.1 Å². The van der Waals surface area contributed by atoms with E-state index in [0.29, 0.717) is 0 Å². The Hall–Kier alpha value is -0.290. The molecule has 0 amide bonds. The lowest BCUT2D eigenvalue weighted by molar-refractivity contribution is 0.127. The highest BCUT2D eigenvalue weighted by molar-refractivity contribution is 8.25. The van der Waals surface area contributed by atoms with Crippen molar-refractivity contribution in [3.05, 3.63) is 10.8 Å². The fraction of sp³-hybridized carbons (Fsp3) is 0.400. The van der Waals surface area contributed by atoms with Crippen molar-refractivity contribution in [1.82, 2.24) is 0 Å². The molecule has 10 heavy (non-hydrogen) atoms. The number of fused-ring (bicyclic) bond motifs is 1. The molecule has 54 valence electrons. The molecule has 3 nitrogen and oxygen atoms in total. The maximum absolute atomic E-state index is 10.5. The second-order valence-electron chi connectivity index (χ2n) is 1.83. The van der Waals surface area contributed by atoms with E-state index < -0.39 is 6.16 Å². The lowest BCUT2D eigenvalue weighted by Crippen LogP contribution is -2.07. The Morgan fingerprint density at radius 1 is 1.30 bits per heavy atom. The van der Waals surface area contributed by atoms with E-state index in [-0.39, 0.29) is 10.9 Å². The van der Waals surface area contributed by atoms with Crippen molar-refractivity contribution < 1.29 is 14.3 Å². The van der Waals surface area contributed by atoms with E-state index in [4.69, 9.17) is 9.47 Å². The molecule has 2 unspecified atom stereocenters. The molecule has 2 atom stereocenters. The van der Waals surface area contributed by atoms with Gasteiger partial charge in [0.2, 0.25) is 10.9 Å². The van der Waals surface area contributed by atoms with E-state index in [1.165, 1.54) is 23.5 Å². The lowest BCUT2D eigenvalue weighted by Gasteiger charge is -1.97. The van der Waals surface area contributed by atoms with Gasteiger partial charge in [-0.15, -0.1) is 0 Å². The fourth-order valence-electron chi connectivity index (χ4n) is 0.775. The van der Waals surface area contributed by atoms with Gasteiger partial charge in [0.05, 0.1) is 0 Å². The molecule has 0 bridgehead atoms. The number of ether oxygens (including phenoxy) is 2. The SMILES string of the molecule is C=C1SC2OC(=O)OC2S1. The zero-order valence-electron chi connectivity index (χ0n) is 4.90. The van der Waals surface area contributed by atoms with Crippen LogP contribution in [-0.2, 0) is 9.47 Å². The molecule has 0 aliphatic carbocycles. The minimum absolute atomic E-state index is 0.162. The van der Waals surface area contributed by atoms with Gasteiger partial charge in [-0.05, 0) is 0 Å². The molecule has 0 radical (unpaired) electrons. The Kier molecular flexibility index (Phi) is 1.35. The van der Waals surface area contributed by atoms with Crippen LogP contribution in [0.5, 0.6) is 0 Å². The van der Waals surface area contributed by atoms with Crippen LogP contribution in [0.1, 0.15) is 0 Å². The van der Waals surface area contributed by atoms with Crippen LogP contribution in [0.4, 0.5) is 4.79 Å². The number of carbonyl (C=O) groups excluding carboxylic acids is 1. The van der Waals surface area contributed by atoms with E-state index in [2.05, 4.69) is 6.58 Å². The minimum Gasteiger partial charge on any atom is -0.414 e. The first kappa shape index (κ1) is 6.42. The number of thioether (sulfide) groups is 2. The molecule has 5 heteroatoms. The lowest BCUT2D eigenvalue weighted by atomic mass is 10.8. The number of hydrogen-bond donors (Lipinski definition) is 0. The van der Waals surface area contributed by atoms with Gasteiger partial charge in [-0.2, -0.15) is 0 Å². The first-order valence-corrected chi connectivity index (χ1v) is 4.41. The monoisotopic (exact) mass is 176 g/mol. The Morgan fingerprint density at radius 2 is 1.80 bits per heavy atom. The number of hydrogen-bond acceptors (Lipinski definition) is 5. The molecule has 2 heterocycles. The molecule has 0 N–H and O–H groups in total. The van der Waals surface area contributed by atoms with Crippen molar-refractivity contribution in [2.75, 3.05) is 0 Å². The summed E-state index contributed by atoms with van der Waals surface area (Å²) in [5, 5.41) is 0. The summed E-state index contributed by atoms with van der Waals surface area (Å²) >= 11 is 2.88. The largest absolute Gasteiger partial charge is 0.510 e. The molecular formula is C5H4O3S2. The van der Waals surface area contributed by atoms with Crippen molar-refractivity contribution in [2.45, 2.75) is 10.9 Å². The van der Waals surface area contributed by atoms with E-state index in [0.717, 1.165) is 4.24 Å². The maximum atomic E-state index is 10.5. The van der Waals surface area contributed by atoms with Crippen LogP contribution in [0, 0.1) is 0 Å². The van der Waals surface area contributed by atoms with Crippen molar-refractivity contribution in [3.63, 3.8) is 0 Å². The van der Waals surface area contributed by atoms with Crippen LogP contribution in [0.2, 0.25) is 0 Å². The van der Waals surface area contributed by atoms with Gasteiger partial charge in [0.25, 0.3) is 0 Å². The first-order valence-electron chi connectivity index (χ1n) is 2.65. The number of rotatable bonds is 0. The average Bonchev–Trinajstić information content (AvgIpc) is 2.21. The highest BCUT2D eigenvalue weighted by atomic mass is 32.2. The summed E-state index contributed by atoms with van der Waals surface area (Å²) in [4.78, 5) is 10.5. The van der Waals surface area contributed by atoms with Gasteiger partial charge in [0.15, 0.2) is 0 Å². The number of carbonyl (C=O) groups is 1. The predicted octanol–water partition coefficient (Wildman–Crippen LogP) is 1.76. The first-order chi connectivity index (χ1) is 4.75. The molecule has 2 aliphatic rings. The normalized spacial score (nSPS) is 37.2. The topological polar surface area (TPSA) is 35.5 Å². The van der Waals surface area contributed by atoms with Crippen LogP contribution in [0.15, 0.2) is 10.8 Å². The van der Waals surface area contributed by atoms with Crippen LogP contribution < -0.4 is 0 Å². The van der Waals surface area contributed by atoms with Gasteiger partial charge >= 0.3 is 6.16 Å². The van der Waals surface area contributed by atoms with Crippen LogP contribution in [0.25, 0.3) is 0 Å². The van der Waals surface area contributed by atoms with Crippen LogP contribution in [-0.4, -0.2) is 17.0 Å². The summed E-state index contributed by atoms with van der Waals surface area (Å²) in [5.74, 6) is 0. The molecule has 0 aromatic heterocycles. The Bertz CT molecular complexity index is 165. The van der Waals surface area contributed by atoms with Crippen LogP contribution >= 0.6 is 23.5 Å². The third-order valence-electron chi connectivity index (χ3n) is 1.14. The Morgan fingerprint density at radius 3 is 2.30 bits per heavy atom. The molecule has 0 saturated carbocycles. The van der Waals surface area contributed by atoms with Gasteiger partial charge in [0, 0.05) is 4.24 Å². The third-order valence-corrected chi connectivity index (χ3v) is 3.57. The Labute approximate surface area is 66.1 Å². The predicted molar refractivity (Wildman–Crippen MR) is 39.5 cm³/mol. The summed E-state index contributed by atoms with van der Waals surface area (Å²) in [7, 11) is 0. The average molecular weight is 176 g/mol. The fourth-order valence-corrected chi connectivity index (χ4v) is 3.00. The maximum Gasteiger partial charge on any atom is 0.510 e. The van der Waals surface area contributed by atoms with Gasteiger partial charge < -0.3 is 9.47 Å². The van der Waals surface area contributed by atoms with Gasteiger partial charge in [-0.3, -0.25) is 0 Å². The molecule has 2 fully saturated rings. The zero-order valence-corrected chi connectivity index (χ0v) is 6.54. The molecule has 0 spiro atoms. The highest BCUT2D eigenvalue weighted by Gasteiger charge is 2.43. The smallest absolute Gasteiger partial charge is 0.414 e. The summed E-state index contributed by atoms with van der Waals surface area (Å²) in [6.07, 6.45) is -0.567. The highest BCUT2D eigenvalue weighted by Crippen LogP contribution is 2.49. The summed E-state index contributed by atoms with van der Waals surface area (Å²) < 4.78 is 10.5. The van der Waals surface area contributed by atoms with Crippen molar-refractivity contribution >= 4 is 29.7 Å². The second-order valence-corrected chi connectivity index (χ2v) is 4.47. The van der Waals surface area contributed by atoms with E-state index in [9.17, 15) is 4.79 Å². The molecule has 0 aromatic carbocycles. The Balaban J connectivity index is 2.12. The molecule has 2 saturated heterocycles. The van der Waals surface area contributed by atoms with E-state index >= 15 is 0 Å². The van der Waals surface area contributed by atoms with Crippen molar-refractivity contribution in [3.8, 4) is 0 Å². The standard InChI is InChI=1S/C5H4O3S2/c1-2-9-3-4(10-2)8-5(6)7-3/h3-4H,1H2. The summed E-state index contributed by atoms with van der Waals surface area (Å²) in [6, 6.07) is 0. The van der Waals surface area contributed by atoms with Crippen LogP contribution in [0.3, 0.4) is 0 Å². The zero-order chi connectivity index (χ0) is 7.14. The quantitative estimate of drug-likeness (QED) is 0.525. The molecule has 2 aliphatic heterocycles. The minimum atomic E-state index is -0.567. The summed E-state index contributed by atoms with van der Waals surface area (Å²) in [5.41, 5.74) is -0.324. The van der Waals surface area contributed by atoms with Gasteiger partial charge in [-0.25, -0.2) is 4.79 Å². The summed E-state index contributed by atoms with van der Waals surface area (Å²) in [6.45, 7) is 3.72. The third kappa shape index (κ3) is 0.894. The van der Waals surface area contributed by atoms with E-state index in [1.807, 2.05) is 0 Å². The van der Waals surface area contributed by atoms with Crippen molar-refractivity contribution in [2.24, 2.45) is 0 Å². The molecule has 0 aromatic rings. The van der Waals surface area contributed by atoms with E-state index in [1.54, 1.807) is 0 Å².